The highest BCUT2D eigenvalue weighted by Gasteiger charge is 2.32. The topological polar surface area (TPSA) is 86.7 Å². The van der Waals surface area contributed by atoms with E-state index in [9.17, 15) is 14.4 Å². The molecule has 2 N–H and O–H groups in total. The number of aryl methyl sites for hydroxylation is 1. The van der Waals surface area contributed by atoms with E-state index in [1.165, 1.54) is 13.1 Å². The van der Waals surface area contributed by atoms with Gasteiger partial charge in [0.05, 0.1) is 5.56 Å². The van der Waals surface area contributed by atoms with E-state index in [0.717, 1.165) is 10.5 Å². The lowest BCUT2D eigenvalue weighted by Gasteiger charge is -2.29. The van der Waals surface area contributed by atoms with Crippen molar-refractivity contribution in [2.24, 2.45) is 0 Å². The van der Waals surface area contributed by atoms with Crippen LogP contribution in [0.25, 0.3) is 0 Å². The molecule has 1 aromatic rings. The fourth-order valence-electron chi connectivity index (χ4n) is 2.20. The third kappa shape index (κ3) is 2.64. The predicted octanol–water partition coefficient (Wildman–Crippen LogP) is 1.25. The number of benzene rings is 1. The first-order chi connectivity index (χ1) is 9.40. The summed E-state index contributed by atoms with van der Waals surface area (Å²) in [5.41, 5.74) is 1.41. The van der Waals surface area contributed by atoms with Gasteiger partial charge >= 0.3 is 5.97 Å². The molecule has 2 amide bonds. The minimum atomic E-state index is -1.06. The van der Waals surface area contributed by atoms with Crippen molar-refractivity contribution < 1.29 is 19.5 Å². The summed E-state index contributed by atoms with van der Waals surface area (Å²) in [6.45, 7) is 1.84. The van der Waals surface area contributed by atoms with E-state index in [0.29, 0.717) is 12.1 Å². The number of piperidine rings is 1. The Bertz CT molecular complexity index is 583. The third-order valence-corrected chi connectivity index (χ3v) is 3.38. The maximum atomic E-state index is 12.0. The second-order valence-electron chi connectivity index (χ2n) is 4.88. The molecular formula is C14H16N2O4. The minimum absolute atomic E-state index is 0.114. The van der Waals surface area contributed by atoms with Crippen molar-refractivity contribution in [1.29, 1.82) is 0 Å². The van der Waals surface area contributed by atoms with Crippen LogP contribution in [0.2, 0.25) is 0 Å². The maximum absolute atomic E-state index is 12.0. The van der Waals surface area contributed by atoms with Crippen molar-refractivity contribution in [3.8, 4) is 0 Å². The van der Waals surface area contributed by atoms with E-state index in [1.807, 2.05) is 6.92 Å². The van der Waals surface area contributed by atoms with Gasteiger partial charge in [0, 0.05) is 19.2 Å². The molecule has 6 nitrogen and oxygen atoms in total. The molecule has 20 heavy (non-hydrogen) atoms. The third-order valence-electron chi connectivity index (χ3n) is 3.38. The lowest BCUT2D eigenvalue weighted by atomic mass is 10.0. The molecule has 6 heteroatoms. The van der Waals surface area contributed by atoms with Crippen molar-refractivity contribution in [2.75, 3.05) is 12.4 Å². The Morgan fingerprint density at radius 1 is 1.40 bits per heavy atom. The van der Waals surface area contributed by atoms with Gasteiger partial charge in [-0.1, -0.05) is 6.07 Å². The van der Waals surface area contributed by atoms with Gasteiger partial charge in [-0.05, 0) is 31.0 Å². The minimum Gasteiger partial charge on any atom is -0.478 e. The fourth-order valence-corrected chi connectivity index (χ4v) is 2.20. The van der Waals surface area contributed by atoms with E-state index >= 15 is 0 Å². The normalized spacial score (nSPS) is 19.1. The summed E-state index contributed by atoms with van der Waals surface area (Å²) < 4.78 is 0. The highest BCUT2D eigenvalue weighted by molar-refractivity contribution is 6.02. The summed E-state index contributed by atoms with van der Waals surface area (Å²) in [7, 11) is 1.44. The van der Waals surface area contributed by atoms with Crippen molar-refractivity contribution in [3.05, 3.63) is 29.3 Å². The smallest absolute Gasteiger partial charge is 0.337 e. The number of carboxylic acids is 1. The summed E-state index contributed by atoms with van der Waals surface area (Å²) in [4.78, 5) is 35.7. The van der Waals surface area contributed by atoms with Gasteiger partial charge in [-0.3, -0.25) is 14.5 Å². The molecule has 1 saturated heterocycles. The van der Waals surface area contributed by atoms with Crippen molar-refractivity contribution in [1.82, 2.24) is 4.90 Å². The van der Waals surface area contributed by atoms with Crippen molar-refractivity contribution >= 4 is 23.5 Å². The van der Waals surface area contributed by atoms with Crippen LogP contribution in [-0.4, -0.2) is 40.9 Å². The SMILES string of the molecule is Cc1ccc(C(=O)O)c(NC2CCC(=O)N(C)C2=O)c1. The summed E-state index contributed by atoms with van der Waals surface area (Å²) in [6.07, 6.45) is 0.642. The molecule has 1 unspecified atom stereocenters. The number of amides is 2. The lowest BCUT2D eigenvalue weighted by Crippen LogP contribution is -2.48. The number of aromatic carboxylic acids is 1. The second kappa shape index (κ2) is 5.32. The number of imide groups is 1. The molecule has 0 saturated carbocycles. The molecule has 1 heterocycles. The van der Waals surface area contributed by atoms with Crippen LogP contribution in [0, 0.1) is 6.92 Å². The number of likely N-dealkylation sites (tertiary alicyclic amines) is 1. The lowest BCUT2D eigenvalue weighted by molar-refractivity contribution is -0.146. The van der Waals surface area contributed by atoms with Crippen LogP contribution in [0.1, 0.15) is 28.8 Å². The molecule has 0 bridgehead atoms. The molecule has 1 aromatic carbocycles. The Labute approximate surface area is 116 Å². The van der Waals surface area contributed by atoms with Crippen LogP contribution in [0.4, 0.5) is 5.69 Å². The van der Waals surface area contributed by atoms with E-state index in [-0.39, 0.29) is 23.8 Å². The Balaban J connectivity index is 2.26. The van der Waals surface area contributed by atoms with E-state index in [4.69, 9.17) is 5.11 Å². The van der Waals surface area contributed by atoms with E-state index in [2.05, 4.69) is 5.32 Å². The average Bonchev–Trinajstić information content (AvgIpc) is 2.39. The maximum Gasteiger partial charge on any atom is 0.337 e. The van der Waals surface area contributed by atoms with E-state index in [1.54, 1.807) is 12.1 Å². The molecule has 1 aliphatic heterocycles. The van der Waals surface area contributed by atoms with Crippen LogP contribution in [0.15, 0.2) is 18.2 Å². The van der Waals surface area contributed by atoms with E-state index < -0.39 is 12.0 Å². The van der Waals surface area contributed by atoms with Crippen LogP contribution >= 0.6 is 0 Å². The Kier molecular flexibility index (Phi) is 3.74. The number of anilines is 1. The second-order valence-corrected chi connectivity index (χ2v) is 4.88. The van der Waals surface area contributed by atoms with Crippen LogP contribution in [-0.2, 0) is 9.59 Å². The molecule has 2 rings (SSSR count). The zero-order chi connectivity index (χ0) is 14.9. The Morgan fingerprint density at radius 3 is 2.75 bits per heavy atom. The first kappa shape index (κ1) is 14.0. The molecule has 0 spiro atoms. The highest BCUT2D eigenvalue weighted by Crippen LogP contribution is 2.22. The Morgan fingerprint density at radius 2 is 2.10 bits per heavy atom. The van der Waals surface area contributed by atoms with Crippen molar-refractivity contribution in [3.63, 3.8) is 0 Å². The molecule has 106 valence electrons. The summed E-state index contributed by atoms with van der Waals surface area (Å²) in [5.74, 6) is -1.60. The van der Waals surface area contributed by atoms with Crippen LogP contribution in [0.5, 0.6) is 0 Å². The zero-order valence-electron chi connectivity index (χ0n) is 11.3. The first-order valence-electron chi connectivity index (χ1n) is 6.31. The summed E-state index contributed by atoms with van der Waals surface area (Å²) in [6, 6.07) is 4.32. The molecule has 1 atom stereocenters. The standard InChI is InChI=1S/C14H16N2O4/c1-8-3-4-9(14(19)20)11(7-8)15-10-5-6-12(17)16(2)13(10)18/h3-4,7,10,15H,5-6H2,1-2H3,(H,19,20). The number of rotatable bonds is 3. The van der Waals surface area contributed by atoms with Gasteiger partial charge in [0.1, 0.15) is 6.04 Å². The van der Waals surface area contributed by atoms with Gasteiger partial charge in [-0.25, -0.2) is 4.79 Å². The van der Waals surface area contributed by atoms with Gasteiger partial charge in [0.15, 0.2) is 0 Å². The average molecular weight is 276 g/mol. The molecule has 0 aliphatic carbocycles. The predicted molar refractivity (Wildman–Crippen MR) is 72.6 cm³/mol. The quantitative estimate of drug-likeness (QED) is 0.811. The largest absolute Gasteiger partial charge is 0.478 e. The van der Waals surface area contributed by atoms with Crippen LogP contribution < -0.4 is 5.32 Å². The number of carboxylic acid groups (broad SMARTS) is 1. The van der Waals surface area contributed by atoms with Gasteiger partial charge in [0.2, 0.25) is 5.91 Å². The highest BCUT2D eigenvalue weighted by atomic mass is 16.4. The number of likely N-dealkylation sites (N-methyl/N-ethyl adjacent to an activating group) is 1. The van der Waals surface area contributed by atoms with Gasteiger partial charge in [-0.2, -0.15) is 0 Å². The number of carbonyl (C=O) groups is 3. The number of hydrogen-bond donors (Lipinski definition) is 2. The number of hydrogen-bond acceptors (Lipinski definition) is 4. The molecular weight excluding hydrogens is 260 g/mol. The number of carbonyl (C=O) groups excluding carboxylic acids is 2. The first-order valence-corrected chi connectivity index (χ1v) is 6.31. The molecule has 1 aliphatic rings. The van der Waals surface area contributed by atoms with Gasteiger partial charge < -0.3 is 10.4 Å². The van der Waals surface area contributed by atoms with Crippen LogP contribution in [0.3, 0.4) is 0 Å². The van der Waals surface area contributed by atoms with Gasteiger partial charge in [-0.15, -0.1) is 0 Å². The van der Waals surface area contributed by atoms with Crippen molar-refractivity contribution in [2.45, 2.75) is 25.8 Å². The zero-order valence-corrected chi connectivity index (χ0v) is 11.3. The monoisotopic (exact) mass is 276 g/mol. The molecule has 0 aromatic heterocycles. The summed E-state index contributed by atoms with van der Waals surface area (Å²) >= 11 is 0. The molecule has 1 fully saturated rings. The fraction of sp³-hybridized carbons (Fsp3) is 0.357. The number of nitrogens with one attached hydrogen (secondary N) is 1. The van der Waals surface area contributed by atoms with Gasteiger partial charge in [0.25, 0.3) is 5.91 Å². The number of nitrogens with zero attached hydrogens (tertiary/aromatic N) is 1. The molecule has 0 radical (unpaired) electrons. The summed E-state index contributed by atoms with van der Waals surface area (Å²) in [5, 5.41) is 12.1. The Hall–Kier alpha value is -2.37.